The normalized spacial score (nSPS) is 28.3. The molecule has 8 rings (SSSR count). The Kier molecular flexibility index (Phi) is 4.12. The highest BCUT2D eigenvalue weighted by Crippen LogP contribution is 2.60. The molecule has 2 aromatic carbocycles. The fourth-order valence-electron chi connectivity index (χ4n) is 7.47. The lowest BCUT2D eigenvalue weighted by atomic mass is 9.50. The summed E-state index contributed by atoms with van der Waals surface area (Å²) in [5, 5.41) is 1.22. The summed E-state index contributed by atoms with van der Waals surface area (Å²) in [7, 11) is 3.71. The second kappa shape index (κ2) is 7.13. The van der Waals surface area contributed by atoms with E-state index in [0.29, 0.717) is 29.1 Å². The fourth-order valence-corrected chi connectivity index (χ4v) is 7.47. The van der Waals surface area contributed by atoms with E-state index in [2.05, 4.69) is 39.5 Å². The molecule has 7 heteroatoms. The minimum absolute atomic E-state index is 0.0542. The Hall–Kier alpha value is -3.32. The van der Waals surface area contributed by atoms with Gasteiger partial charge in [-0.2, -0.15) is 0 Å². The number of hydrogen-bond donors (Lipinski definition) is 1. The van der Waals surface area contributed by atoms with Crippen molar-refractivity contribution in [3.05, 3.63) is 48.0 Å². The third kappa shape index (κ3) is 2.67. The van der Waals surface area contributed by atoms with Crippen LogP contribution in [0.25, 0.3) is 33.5 Å². The van der Waals surface area contributed by atoms with E-state index >= 15 is 0 Å². The summed E-state index contributed by atoms with van der Waals surface area (Å²) in [6.07, 6.45) is 3.75. The molecular formula is C29H31N5O2. The van der Waals surface area contributed by atoms with Crippen LogP contribution in [-0.4, -0.2) is 50.7 Å². The van der Waals surface area contributed by atoms with Crippen molar-refractivity contribution in [2.24, 2.45) is 36.5 Å². The van der Waals surface area contributed by atoms with Crippen molar-refractivity contribution >= 4 is 27.8 Å². The molecule has 3 heterocycles. The van der Waals surface area contributed by atoms with Crippen LogP contribution in [0.1, 0.15) is 29.6 Å². The SMILES string of the molecule is COc1cc(C(=O)N2C[C@H]3CC4[C@H]3[C@H]2[C@H]4N)cc2nc(-c3cc4ccccc4n3CC3CC3)n(C)c12. The molecule has 2 N–H and O–H groups in total. The fraction of sp³-hybridized carbons (Fsp3) is 0.448. The molecule has 1 unspecified atom stereocenters. The van der Waals surface area contributed by atoms with E-state index in [-0.39, 0.29) is 18.0 Å². The van der Waals surface area contributed by atoms with Gasteiger partial charge < -0.3 is 24.5 Å². The van der Waals surface area contributed by atoms with E-state index in [4.69, 9.17) is 15.5 Å². The molecule has 3 saturated carbocycles. The van der Waals surface area contributed by atoms with E-state index < -0.39 is 0 Å². The molecule has 1 aliphatic heterocycles. The van der Waals surface area contributed by atoms with Crippen molar-refractivity contribution in [3.63, 3.8) is 0 Å². The Morgan fingerprint density at radius 2 is 2.03 bits per heavy atom. The topological polar surface area (TPSA) is 78.3 Å². The van der Waals surface area contributed by atoms with E-state index in [1.165, 1.54) is 30.2 Å². The van der Waals surface area contributed by atoms with Gasteiger partial charge in [-0.25, -0.2) is 4.98 Å². The molecule has 1 saturated heterocycles. The maximum atomic E-state index is 13.7. The number of hydrogen-bond acceptors (Lipinski definition) is 4. The molecule has 0 bridgehead atoms. The van der Waals surface area contributed by atoms with Gasteiger partial charge in [-0.3, -0.25) is 4.79 Å². The number of rotatable bonds is 5. The van der Waals surface area contributed by atoms with Gasteiger partial charge in [0.15, 0.2) is 5.82 Å². The van der Waals surface area contributed by atoms with Gasteiger partial charge in [0, 0.05) is 42.6 Å². The number of likely N-dealkylation sites (tertiary alicyclic amines) is 1. The molecule has 1 amide bonds. The maximum Gasteiger partial charge on any atom is 0.254 e. The highest BCUT2D eigenvalue weighted by atomic mass is 16.5. The van der Waals surface area contributed by atoms with Crippen molar-refractivity contribution < 1.29 is 9.53 Å². The number of nitrogens with zero attached hydrogens (tertiary/aromatic N) is 4. The van der Waals surface area contributed by atoms with Crippen molar-refractivity contribution in [1.29, 1.82) is 0 Å². The summed E-state index contributed by atoms with van der Waals surface area (Å²) in [4.78, 5) is 20.8. The minimum Gasteiger partial charge on any atom is -0.494 e. The Bertz CT molecular complexity index is 1560. The quantitative estimate of drug-likeness (QED) is 0.467. The number of nitrogens with two attached hydrogens (primary N) is 1. The van der Waals surface area contributed by atoms with Gasteiger partial charge in [-0.1, -0.05) is 18.2 Å². The zero-order chi connectivity index (χ0) is 24.3. The highest BCUT2D eigenvalue weighted by Gasteiger charge is 2.66. The van der Waals surface area contributed by atoms with Gasteiger partial charge in [0.25, 0.3) is 5.91 Å². The van der Waals surface area contributed by atoms with Gasteiger partial charge in [0.05, 0.1) is 24.4 Å². The second-order valence-corrected chi connectivity index (χ2v) is 11.4. The monoisotopic (exact) mass is 481 g/mol. The number of ether oxygens (including phenoxy) is 1. The number of imidazole rings is 1. The van der Waals surface area contributed by atoms with Gasteiger partial charge in [0.2, 0.25) is 0 Å². The lowest BCUT2D eigenvalue weighted by molar-refractivity contribution is -0.0443. The summed E-state index contributed by atoms with van der Waals surface area (Å²) >= 11 is 0. The molecular weight excluding hydrogens is 450 g/mol. The molecule has 36 heavy (non-hydrogen) atoms. The largest absolute Gasteiger partial charge is 0.494 e. The Morgan fingerprint density at radius 1 is 1.19 bits per heavy atom. The summed E-state index contributed by atoms with van der Waals surface area (Å²) in [6.45, 7) is 1.83. The molecule has 0 spiro atoms. The summed E-state index contributed by atoms with van der Waals surface area (Å²) in [5.74, 6) is 4.23. The number of carbonyl (C=O) groups is 1. The number of aryl methyl sites for hydroxylation is 1. The van der Waals surface area contributed by atoms with E-state index in [9.17, 15) is 4.79 Å². The van der Waals surface area contributed by atoms with Crippen LogP contribution in [0.4, 0.5) is 0 Å². The third-order valence-corrected chi connectivity index (χ3v) is 9.53. The van der Waals surface area contributed by atoms with Crippen molar-refractivity contribution in [2.75, 3.05) is 13.7 Å². The van der Waals surface area contributed by atoms with E-state index in [0.717, 1.165) is 41.6 Å². The number of aromatic nitrogens is 3. The van der Waals surface area contributed by atoms with Gasteiger partial charge >= 0.3 is 0 Å². The first-order valence-corrected chi connectivity index (χ1v) is 13.2. The molecule has 0 radical (unpaired) electrons. The van der Waals surface area contributed by atoms with Crippen molar-refractivity contribution in [3.8, 4) is 17.3 Å². The molecule has 4 aromatic rings. The van der Waals surface area contributed by atoms with Crippen LogP contribution in [0.15, 0.2) is 42.5 Å². The Balaban J connectivity index is 1.24. The van der Waals surface area contributed by atoms with Crippen LogP contribution in [0.3, 0.4) is 0 Å². The molecule has 7 nitrogen and oxygen atoms in total. The predicted octanol–water partition coefficient (Wildman–Crippen LogP) is 4.03. The molecule has 3 aliphatic carbocycles. The molecule has 5 atom stereocenters. The van der Waals surface area contributed by atoms with Crippen LogP contribution in [0.2, 0.25) is 0 Å². The second-order valence-electron chi connectivity index (χ2n) is 11.4. The van der Waals surface area contributed by atoms with Crippen LogP contribution < -0.4 is 10.5 Å². The standard InChI is InChI=1S/C29H31N5O2/c1-32-26-20(31-28(32)22-11-16-5-3-4-6-21(16)33(22)13-15-7-8-15)10-17(12-23(26)36-2)29(35)34-14-18-9-19-24(18)27(34)25(19)30/h3-6,10-12,15,18-19,24-25,27H,7-9,13-14,30H2,1-2H3/t18-,19?,24+,25+,27+/m1/s1. The molecule has 2 aromatic heterocycles. The average Bonchev–Trinajstić information content (AvgIpc) is 3.51. The number of methoxy groups -OCH3 is 1. The lowest BCUT2D eigenvalue weighted by Crippen LogP contribution is -2.68. The zero-order valence-electron chi connectivity index (χ0n) is 20.7. The minimum atomic E-state index is 0.0542. The first-order valence-electron chi connectivity index (χ1n) is 13.2. The van der Waals surface area contributed by atoms with Crippen molar-refractivity contribution in [1.82, 2.24) is 19.0 Å². The number of para-hydroxylation sites is 1. The first-order chi connectivity index (χ1) is 17.5. The summed E-state index contributed by atoms with van der Waals surface area (Å²) < 4.78 is 10.4. The van der Waals surface area contributed by atoms with Gasteiger partial charge in [-0.05, 0) is 67.2 Å². The maximum absolute atomic E-state index is 13.7. The van der Waals surface area contributed by atoms with Crippen molar-refractivity contribution in [2.45, 2.75) is 37.9 Å². The predicted molar refractivity (Wildman–Crippen MR) is 139 cm³/mol. The zero-order valence-corrected chi connectivity index (χ0v) is 20.7. The van der Waals surface area contributed by atoms with Crippen LogP contribution in [-0.2, 0) is 13.6 Å². The molecule has 184 valence electrons. The average molecular weight is 482 g/mol. The van der Waals surface area contributed by atoms with E-state index in [1.807, 2.05) is 24.1 Å². The van der Waals surface area contributed by atoms with Gasteiger partial charge in [0.1, 0.15) is 11.3 Å². The lowest BCUT2D eigenvalue weighted by Gasteiger charge is -2.57. The van der Waals surface area contributed by atoms with Crippen LogP contribution in [0, 0.1) is 23.7 Å². The summed E-state index contributed by atoms with van der Waals surface area (Å²) in [6, 6.07) is 14.9. The number of benzene rings is 2. The third-order valence-electron chi connectivity index (χ3n) is 9.53. The van der Waals surface area contributed by atoms with Crippen LogP contribution >= 0.6 is 0 Å². The number of amides is 1. The van der Waals surface area contributed by atoms with Gasteiger partial charge in [-0.15, -0.1) is 0 Å². The summed E-state index contributed by atoms with van der Waals surface area (Å²) in [5.41, 5.74) is 11.1. The smallest absolute Gasteiger partial charge is 0.254 e. The number of fused-ring (bicyclic) bond motifs is 2. The van der Waals surface area contributed by atoms with Crippen LogP contribution in [0.5, 0.6) is 5.75 Å². The first kappa shape index (κ1) is 20.8. The molecule has 4 fully saturated rings. The number of carbonyl (C=O) groups excluding carboxylic acids is 1. The highest BCUT2D eigenvalue weighted by molar-refractivity contribution is 6.00. The Labute approximate surface area is 209 Å². The van der Waals surface area contributed by atoms with E-state index in [1.54, 1.807) is 7.11 Å². The Morgan fingerprint density at radius 3 is 2.83 bits per heavy atom. The molecule has 4 aliphatic rings.